The van der Waals surface area contributed by atoms with Crippen molar-refractivity contribution in [3.63, 3.8) is 0 Å². The molecule has 1 unspecified atom stereocenters. The minimum Gasteiger partial charge on any atom is -0.386 e. The van der Waals surface area contributed by atoms with Crippen molar-refractivity contribution < 1.29 is 9.84 Å². The van der Waals surface area contributed by atoms with E-state index in [1.54, 1.807) is 0 Å². The molecule has 0 amide bonds. The third-order valence-corrected chi connectivity index (χ3v) is 4.67. The van der Waals surface area contributed by atoms with E-state index in [-0.39, 0.29) is 5.54 Å². The molecule has 1 atom stereocenters. The smallest absolute Gasteiger partial charge is 0.0970 e. The quantitative estimate of drug-likeness (QED) is 0.922. The molecule has 0 bridgehead atoms. The van der Waals surface area contributed by atoms with E-state index in [0.717, 1.165) is 31.9 Å². The highest BCUT2D eigenvalue weighted by Crippen LogP contribution is 2.34. The molecule has 1 aliphatic rings. The lowest BCUT2D eigenvalue weighted by atomic mass is 9.85. The van der Waals surface area contributed by atoms with Gasteiger partial charge in [0.25, 0.3) is 0 Å². The minimum atomic E-state index is -0.486. The molecule has 1 aromatic rings. The van der Waals surface area contributed by atoms with Gasteiger partial charge in [0, 0.05) is 18.6 Å². The lowest BCUT2D eigenvalue weighted by Gasteiger charge is -2.44. The number of aliphatic hydroxyl groups is 1. The van der Waals surface area contributed by atoms with Crippen LogP contribution < -0.4 is 0 Å². The van der Waals surface area contributed by atoms with Crippen LogP contribution in [0.25, 0.3) is 0 Å². The van der Waals surface area contributed by atoms with E-state index in [2.05, 4.69) is 51.7 Å². The first-order chi connectivity index (χ1) is 9.34. The predicted octanol–water partition coefficient (Wildman–Crippen LogP) is 2.76. The number of rotatable bonds is 3. The van der Waals surface area contributed by atoms with Gasteiger partial charge in [0.2, 0.25) is 0 Å². The fourth-order valence-electron chi connectivity index (χ4n) is 2.97. The molecule has 1 aromatic carbocycles. The number of hydrogen-bond acceptors (Lipinski definition) is 3. The molecule has 1 N–H and O–H groups in total. The van der Waals surface area contributed by atoms with Gasteiger partial charge in [-0.15, -0.1) is 0 Å². The molecule has 112 valence electrons. The van der Waals surface area contributed by atoms with E-state index in [0.29, 0.717) is 0 Å². The summed E-state index contributed by atoms with van der Waals surface area (Å²) < 4.78 is 5.42. The van der Waals surface area contributed by atoms with Crippen LogP contribution in [0.4, 0.5) is 0 Å². The van der Waals surface area contributed by atoms with Gasteiger partial charge in [0.05, 0.1) is 19.3 Å². The molecule has 1 saturated heterocycles. The van der Waals surface area contributed by atoms with E-state index in [9.17, 15) is 5.11 Å². The normalized spacial score (nSPS) is 19.1. The van der Waals surface area contributed by atoms with Gasteiger partial charge in [0.1, 0.15) is 0 Å². The Bertz CT molecular complexity index is 476. The number of aliphatic hydroxyl groups excluding tert-OH is 1. The predicted molar refractivity (Wildman–Crippen MR) is 82.1 cm³/mol. The second kappa shape index (κ2) is 5.84. The summed E-state index contributed by atoms with van der Waals surface area (Å²) in [5.41, 5.74) is 4.45. The maximum absolute atomic E-state index is 10.9. The Hall–Kier alpha value is -0.900. The molecule has 2 rings (SSSR count). The third-order valence-electron chi connectivity index (χ3n) is 4.67. The molecule has 1 heterocycles. The van der Waals surface area contributed by atoms with E-state index in [1.807, 2.05) is 0 Å². The van der Waals surface area contributed by atoms with Gasteiger partial charge in [-0.3, -0.25) is 4.90 Å². The number of hydrogen-bond donors (Lipinski definition) is 1. The molecule has 0 aliphatic carbocycles. The zero-order chi connectivity index (χ0) is 14.9. The van der Waals surface area contributed by atoms with Gasteiger partial charge in [-0.25, -0.2) is 0 Å². The lowest BCUT2D eigenvalue weighted by Crippen LogP contribution is -2.53. The van der Waals surface area contributed by atoms with E-state index >= 15 is 0 Å². The summed E-state index contributed by atoms with van der Waals surface area (Å²) in [6.45, 7) is 13.8. The molecule has 0 spiro atoms. The summed E-state index contributed by atoms with van der Waals surface area (Å²) >= 11 is 0. The highest BCUT2D eigenvalue weighted by molar-refractivity contribution is 5.38. The van der Waals surface area contributed by atoms with Crippen LogP contribution >= 0.6 is 0 Å². The summed E-state index contributed by atoms with van der Waals surface area (Å²) in [6, 6.07) is 4.31. The van der Waals surface area contributed by atoms with Crippen LogP contribution in [-0.4, -0.2) is 41.8 Å². The average molecular weight is 277 g/mol. The van der Waals surface area contributed by atoms with Crippen molar-refractivity contribution in [3.8, 4) is 0 Å². The first kappa shape index (κ1) is 15.5. The summed E-state index contributed by atoms with van der Waals surface area (Å²) in [4.78, 5) is 2.33. The van der Waals surface area contributed by atoms with Crippen molar-refractivity contribution in [1.29, 1.82) is 0 Å². The summed E-state index contributed by atoms with van der Waals surface area (Å²) in [5.74, 6) is 0. The summed E-state index contributed by atoms with van der Waals surface area (Å²) in [5, 5.41) is 10.9. The van der Waals surface area contributed by atoms with Gasteiger partial charge in [-0.05, 0) is 56.9 Å². The van der Waals surface area contributed by atoms with Crippen LogP contribution in [0.2, 0.25) is 0 Å². The SMILES string of the molecule is Cc1cc(C)c(C(O)C(C)(C)N2CCOCC2)cc1C. The van der Waals surface area contributed by atoms with Crippen molar-refractivity contribution in [3.05, 3.63) is 34.4 Å². The average Bonchev–Trinajstić information content (AvgIpc) is 2.43. The van der Waals surface area contributed by atoms with Crippen molar-refractivity contribution >= 4 is 0 Å². The molecule has 0 aromatic heterocycles. The Morgan fingerprint density at radius 3 is 2.20 bits per heavy atom. The molecular weight excluding hydrogens is 250 g/mol. The number of ether oxygens (including phenoxy) is 1. The van der Waals surface area contributed by atoms with Crippen molar-refractivity contribution in [1.82, 2.24) is 4.90 Å². The second-order valence-corrected chi connectivity index (χ2v) is 6.45. The van der Waals surface area contributed by atoms with Gasteiger partial charge in [0.15, 0.2) is 0 Å². The molecule has 0 radical (unpaired) electrons. The largest absolute Gasteiger partial charge is 0.386 e. The number of benzene rings is 1. The molecule has 0 saturated carbocycles. The third kappa shape index (κ3) is 2.90. The van der Waals surface area contributed by atoms with Crippen LogP contribution in [0.3, 0.4) is 0 Å². The minimum absolute atomic E-state index is 0.282. The molecular formula is C17H27NO2. The molecule has 1 aliphatic heterocycles. The van der Waals surface area contributed by atoms with Crippen LogP contribution in [0.5, 0.6) is 0 Å². The number of morpholine rings is 1. The zero-order valence-electron chi connectivity index (χ0n) is 13.4. The monoisotopic (exact) mass is 277 g/mol. The summed E-state index contributed by atoms with van der Waals surface area (Å²) in [7, 11) is 0. The van der Waals surface area contributed by atoms with Crippen molar-refractivity contribution in [2.75, 3.05) is 26.3 Å². The van der Waals surface area contributed by atoms with Crippen LogP contribution in [0, 0.1) is 20.8 Å². The number of aryl methyl sites for hydroxylation is 3. The van der Waals surface area contributed by atoms with Crippen LogP contribution in [0.15, 0.2) is 12.1 Å². The van der Waals surface area contributed by atoms with E-state index in [4.69, 9.17) is 4.74 Å². The molecule has 20 heavy (non-hydrogen) atoms. The van der Waals surface area contributed by atoms with Crippen LogP contribution in [0.1, 0.15) is 42.2 Å². The van der Waals surface area contributed by atoms with Gasteiger partial charge in [-0.2, -0.15) is 0 Å². The number of nitrogens with zero attached hydrogens (tertiary/aromatic N) is 1. The first-order valence-corrected chi connectivity index (χ1v) is 7.42. The Morgan fingerprint density at radius 2 is 1.60 bits per heavy atom. The van der Waals surface area contributed by atoms with Gasteiger partial charge < -0.3 is 9.84 Å². The maximum Gasteiger partial charge on any atom is 0.0970 e. The molecule has 3 heteroatoms. The van der Waals surface area contributed by atoms with Crippen molar-refractivity contribution in [2.45, 2.75) is 46.3 Å². The Labute approximate surface area is 122 Å². The highest BCUT2D eigenvalue weighted by atomic mass is 16.5. The zero-order valence-corrected chi connectivity index (χ0v) is 13.4. The fourth-order valence-corrected chi connectivity index (χ4v) is 2.97. The van der Waals surface area contributed by atoms with E-state index in [1.165, 1.54) is 16.7 Å². The topological polar surface area (TPSA) is 32.7 Å². The second-order valence-electron chi connectivity index (χ2n) is 6.45. The standard InChI is InChI=1S/C17H27NO2/c1-12-10-14(3)15(11-13(12)2)16(19)17(4,5)18-6-8-20-9-7-18/h10-11,16,19H,6-9H2,1-5H3. The Kier molecular flexibility index (Phi) is 4.52. The Balaban J connectivity index is 2.29. The fraction of sp³-hybridized carbons (Fsp3) is 0.647. The van der Waals surface area contributed by atoms with E-state index < -0.39 is 6.10 Å². The summed E-state index contributed by atoms with van der Waals surface area (Å²) in [6.07, 6.45) is -0.486. The lowest BCUT2D eigenvalue weighted by molar-refractivity contribution is -0.0632. The Morgan fingerprint density at radius 1 is 1.05 bits per heavy atom. The van der Waals surface area contributed by atoms with Gasteiger partial charge in [-0.1, -0.05) is 12.1 Å². The van der Waals surface area contributed by atoms with Crippen LogP contribution in [-0.2, 0) is 4.74 Å². The maximum atomic E-state index is 10.9. The van der Waals surface area contributed by atoms with Gasteiger partial charge >= 0.3 is 0 Å². The highest BCUT2D eigenvalue weighted by Gasteiger charge is 2.36. The molecule has 1 fully saturated rings. The first-order valence-electron chi connectivity index (χ1n) is 7.42. The van der Waals surface area contributed by atoms with Crippen molar-refractivity contribution in [2.24, 2.45) is 0 Å². The molecule has 3 nitrogen and oxygen atoms in total.